The summed E-state index contributed by atoms with van der Waals surface area (Å²) >= 11 is 0. The van der Waals surface area contributed by atoms with Gasteiger partial charge in [-0.05, 0) is 68.9 Å². The summed E-state index contributed by atoms with van der Waals surface area (Å²) in [5.41, 5.74) is 1.43. The minimum Gasteiger partial charge on any atom is -0.314 e. The number of hydrogen-bond donors (Lipinski definition) is 1. The standard InChI is InChI=1S/C17H29N3/c1-3-20-12-14(10-19-20)9-16-8-13(2)4-5-15(16)11-18-17-6-7-17/h10,12-13,15-18H,3-9,11H2,1-2H3. The van der Waals surface area contributed by atoms with Crippen molar-refractivity contribution in [3.63, 3.8) is 0 Å². The van der Waals surface area contributed by atoms with Crippen LogP contribution >= 0.6 is 0 Å². The molecule has 3 atom stereocenters. The molecule has 1 heterocycles. The van der Waals surface area contributed by atoms with Crippen molar-refractivity contribution >= 4 is 0 Å². The van der Waals surface area contributed by atoms with Gasteiger partial charge in [0.15, 0.2) is 0 Å². The van der Waals surface area contributed by atoms with E-state index in [0.717, 1.165) is 30.3 Å². The van der Waals surface area contributed by atoms with Crippen molar-refractivity contribution in [2.45, 2.75) is 65.0 Å². The Morgan fingerprint density at radius 3 is 2.80 bits per heavy atom. The van der Waals surface area contributed by atoms with Crippen LogP contribution in [0.5, 0.6) is 0 Å². The van der Waals surface area contributed by atoms with Gasteiger partial charge in [0.25, 0.3) is 0 Å². The molecule has 2 aliphatic carbocycles. The highest BCUT2D eigenvalue weighted by atomic mass is 15.3. The molecule has 3 heteroatoms. The van der Waals surface area contributed by atoms with E-state index in [1.165, 1.54) is 50.6 Å². The van der Waals surface area contributed by atoms with E-state index < -0.39 is 0 Å². The normalized spacial score (nSPS) is 30.6. The Bertz CT molecular complexity index is 422. The molecule has 112 valence electrons. The minimum absolute atomic E-state index is 0.845. The van der Waals surface area contributed by atoms with Gasteiger partial charge in [-0.25, -0.2) is 0 Å². The third kappa shape index (κ3) is 3.63. The van der Waals surface area contributed by atoms with E-state index in [2.05, 4.69) is 41.3 Å². The van der Waals surface area contributed by atoms with Crippen molar-refractivity contribution in [2.75, 3.05) is 6.54 Å². The maximum absolute atomic E-state index is 4.43. The van der Waals surface area contributed by atoms with Crippen LogP contribution in [0, 0.1) is 17.8 Å². The molecular formula is C17H29N3. The lowest BCUT2D eigenvalue weighted by Gasteiger charge is -2.35. The minimum atomic E-state index is 0.845. The average molecular weight is 275 g/mol. The van der Waals surface area contributed by atoms with Gasteiger partial charge in [0.2, 0.25) is 0 Å². The summed E-state index contributed by atoms with van der Waals surface area (Å²) in [4.78, 5) is 0. The first-order chi connectivity index (χ1) is 9.74. The van der Waals surface area contributed by atoms with Crippen LogP contribution < -0.4 is 5.32 Å². The zero-order valence-electron chi connectivity index (χ0n) is 13.0. The number of hydrogen-bond acceptors (Lipinski definition) is 2. The fourth-order valence-electron chi connectivity index (χ4n) is 3.67. The van der Waals surface area contributed by atoms with Gasteiger partial charge in [-0.1, -0.05) is 13.3 Å². The Balaban J connectivity index is 1.59. The van der Waals surface area contributed by atoms with Gasteiger partial charge in [0.1, 0.15) is 0 Å². The molecule has 1 aromatic rings. The van der Waals surface area contributed by atoms with Gasteiger partial charge in [0, 0.05) is 18.8 Å². The zero-order valence-corrected chi connectivity index (χ0v) is 13.0. The lowest BCUT2D eigenvalue weighted by Crippen LogP contribution is -2.34. The Hall–Kier alpha value is -0.830. The highest BCUT2D eigenvalue weighted by Crippen LogP contribution is 2.36. The van der Waals surface area contributed by atoms with Crippen LogP contribution in [0.3, 0.4) is 0 Å². The molecule has 0 aliphatic heterocycles. The molecule has 3 nitrogen and oxygen atoms in total. The van der Waals surface area contributed by atoms with Crippen molar-refractivity contribution in [2.24, 2.45) is 17.8 Å². The van der Waals surface area contributed by atoms with Crippen LogP contribution in [0.2, 0.25) is 0 Å². The van der Waals surface area contributed by atoms with Gasteiger partial charge < -0.3 is 5.32 Å². The summed E-state index contributed by atoms with van der Waals surface area (Å²) in [6.07, 6.45) is 12.6. The molecule has 0 spiro atoms. The predicted molar refractivity (Wildman–Crippen MR) is 82.6 cm³/mol. The Morgan fingerprint density at radius 1 is 1.25 bits per heavy atom. The maximum atomic E-state index is 4.43. The molecule has 2 fully saturated rings. The summed E-state index contributed by atoms with van der Waals surface area (Å²) in [6.45, 7) is 6.80. The largest absolute Gasteiger partial charge is 0.314 e. The Labute approximate surface area is 123 Å². The van der Waals surface area contributed by atoms with Gasteiger partial charge in [-0.2, -0.15) is 5.10 Å². The van der Waals surface area contributed by atoms with E-state index in [9.17, 15) is 0 Å². The second-order valence-corrected chi connectivity index (χ2v) is 7.03. The van der Waals surface area contributed by atoms with Crippen LogP contribution in [0.4, 0.5) is 0 Å². The lowest BCUT2D eigenvalue weighted by molar-refractivity contribution is 0.183. The maximum Gasteiger partial charge on any atom is 0.0521 e. The summed E-state index contributed by atoms with van der Waals surface area (Å²) in [6, 6.07) is 0.845. The molecule has 2 aliphatic rings. The summed E-state index contributed by atoms with van der Waals surface area (Å²) in [5.74, 6) is 2.62. The third-order valence-electron chi connectivity index (χ3n) is 5.16. The molecule has 2 saturated carbocycles. The van der Waals surface area contributed by atoms with Gasteiger partial charge in [-0.3, -0.25) is 4.68 Å². The van der Waals surface area contributed by atoms with E-state index in [1.807, 2.05) is 0 Å². The fraction of sp³-hybridized carbons (Fsp3) is 0.824. The zero-order chi connectivity index (χ0) is 13.9. The highest BCUT2D eigenvalue weighted by molar-refractivity contribution is 5.06. The number of aryl methyl sites for hydroxylation is 1. The Morgan fingerprint density at radius 2 is 2.10 bits per heavy atom. The van der Waals surface area contributed by atoms with Crippen molar-refractivity contribution in [1.29, 1.82) is 0 Å². The fourth-order valence-corrected chi connectivity index (χ4v) is 3.67. The topological polar surface area (TPSA) is 29.9 Å². The lowest BCUT2D eigenvalue weighted by atomic mass is 9.72. The molecule has 0 bridgehead atoms. The summed E-state index contributed by atoms with van der Waals surface area (Å²) in [5, 5.41) is 8.18. The van der Waals surface area contributed by atoms with E-state index in [1.54, 1.807) is 0 Å². The monoisotopic (exact) mass is 275 g/mol. The summed E-state index contributed by atoms with van der Waals surface area (Å²) < 4.78 is 2.05. The van der Waals surface area contributed by atoms with Crippen LogP contribution in [0.25, 0.3) is 0 Å². The number of nitrogens with zero attached hydrogens (tertiary/aromatic N) is 2. The third-order valence-corrected chi connectivity index (χ3v) is 5.16. The second kappa shape index (κ2) is 6.30. The first kappa shape index (κ1) is 14.1. The Kier molecular flexibility index (Phi) is 4.45. The SMILES string of the molecule is CCn1cc(CC2CC(C)CCC2CNC2CC2)cn1. The van der Waals surface area contributed by atoms with Gasteiger partial charge in [-0.15, -0.1) is 0 Å². The second-order valence-electron chi connectivity index (χ2n) is 7.03. The molecule has 0 radical (unpaired) electrons. The van der Waals surface area contributed by atoms with Crippen LogP contribution in [0.1, 0.15) is 51.5 Å². The van der Waals surface area contributed by atoms with Crippen molar-refractivity contribution in [3.8, 4) is 0 Å². The molecule has 1 aromatic heterocycles. The average Bonchev–Trinajstić information content (AvgIpc) is 3.16. The van der Waals surface area contributed by atoms with Gasteiger partial charge >= 0.3 is 0 Å². The van der Waals surface area contributed by atoms with Gasteiger partial charge in [0.05, 0.1) is 6.20 Å². The molecule has 0 saturated heterocycles. The van der Waals surface area contributed by atoms with Crippen LogP contribution in [-0.2, 0) is 13.0 Å². The molecule has 3 rings (SSSR count). The molecule has 20 heavy (non-hydrogen) atoms. The van der Waals surface area contributed by atoms with Crippen molar-refractivity contribution < 1.29 is 0 Å². The summed E-state index contributed by atoms with van der Waals surface area (Å²) in [7, 11) is 0. The number of rotatable bonds is 6. The van der Waals surface area contributed by atoms with Crippen molar-refractivity contribution in [1.82, 2.24) is 15.1 Å². The molecule has 0 aromatic carbocycles. The number of nitrogens with one attached hydrogen (secondary N) is 1. The molecule has 1 N–H and O–H groups in total. The van der Waals surface area contributed by atoms with E-state index in [4.69, 9.17) is 0 Å². The van der Waals surface area contributed by atoms with E-state index in [-0.39, 0.29) is 0 Å². The smallest absolute Gasteiger partial charge is 0.0521 e. The van der Waals surface area contributed by atoms with E-state index >= 15 is 0 Å². The molecule has 0 amide bonds. The predicted octanol–water partition coefficient (Wildman–Crippen LogP) is 3.25. The highest BCUT2D eigenvalue weighted by Gasteiger charge is 2.30. The molecular weight excluding hydrogens is 246 g/mol. The van der Waals surface area contributed by atoms with Crippen molar-refractivity contribution in [3.05, 3.63) is 18.0 Å². The number of aromatic nitrogens is 2. The first-order valence-electron chi connectivity index (χ1n) is 8.49. The molecule has 3 unspecified atom stereocenters. The quantitative estimate of drug-likeness (QED) is 0.863. The van der Waals surface area contributed by atoms with E-state index in [0.29, 0.717) is 0 Å². The first-order valence-corrected chi connectivity index (χ1v) is 8.49. The van der Waals surface area contributed by atoms with Crippen LogP contribution in [0.15, 0.2) is 12.4 Å². The van der Waals surface area contributed by atoms with Crippen LogP contribution in [-0.4, -0.2) is 22.4 Å².